The molecule has 3 heteroatoms. The largest absolute Gasteiger partial charge is 0.315 e. The highest BCUT2D eigenvalue weighted by atomic mass is 32.2. The van der Waals surface area contributed by atoms with Crippen LogP contribution in [0.1, 0.15) is 41.0 Å². The van der Waals surface area contributed by atoms with Crippen LogP contribution in [-0.2, 0) is 10.8 Å². The van der Waals surface area contributed by atoms with Crippen molar-refractivity contribution in [3.63, 3.8) is 0 Å². The molecule has 80 valence electrons. The van der Waals surface area contributed by atoms with Crippen LogP contribution in [0.5, 0.6) is 0 Å². The first-order valence-corrected chi connectivity index (χ1v) is 6.28. The minimum Gasteiger partial charge on any atom is -0.315 e. The zero-order valence-corrected chi connectivity index (χ0v) is 10.3. The van der Waals surface area contributed by atoms with E-state index < -0.39 is 10.8 Å². The molecule has 0 saturated carbocycles. The van der Waals surface area contributed by atoms with Crippen molar-refractivity contribution in [2.24, 2.45) is 0 Å². The normalized spacial score (nSPS) is 14.9. The molecule has 0 spiro atoms. The van der Waals surface area contributed by atoms with Gasteiger partial charge in [-0.15, -0.1) is 0 Å². The molecular formula is C10H23NOS. The first kappa shape index (κ1) is 13.1. The van der Waals surface area contributed by atoms with Gasteiger partial charge in [0.15, 0.2) is 0 Å². The van der Waals surface area contributed by atoms with E-state index in [4.69, 9.17) is 0 Å². The van der Waals surface area contributed by atoms with Crippen molar-refractivity contribution in [2.75, 3.05) is 12.3 Å². The van der Waals surface area contributed by atoms with Gasteiger partial charge in [-0.3, -0.25) is 4.21 Å². The molecule has 0 aromatic carbocycles. The fourth-order valence-electron chi connectivity index (χ4n) is 0.900. The van der Waals surface area contributed by atoms with E-state index in [1.807, 2.05) is 20.8 Å². The minimum atomic E-state index is -0.692. The second kappa shape index (κ2) is 5.76. The summed E-state index contributed by atoms with van der Waals surface area (Å²) >= 11 is 0. The molecule has 0 aromatic heterocycles. The molecule has 0 radical (unpaired) electrons. The lowest BCUT2D eigenvalue weighted by atomic mass is 10.3. The Morgan fingerprint density at radius 3 is 2.23 bits per heavy atom. The molecule has 13 heavy (non-hydrogen) atoms. The summed E-state index contributed by atoms with van der Waals surface area (Å²) in [5, 5.41) is 3.32. The van der Waals surface area contributed by atoms with Crippen molar-refractivity contribution in [2.45, 2.75) is 51.8 Å². The van der Waals surface area contributed by atoms with Gasteiger partial charge in [0.2, 0.25) is 0 Å². The molecule has 0 rings (SSSR count). The van der Waals surface area contributed by atoms with E-state index >= 15 is 0 Å². The topological polar surface area (TPSA) is 29.1 Å². The fourth-order valence-corrected chi connectivity index (χ4v) is 1.92. The highest BCUT2D eigenvalue weighted by molar-refractivity contribution is 7.86. The third-order valence-corrected chi connectivity index (χ3v) is 3.77. The van der Waals surface area contributed by atoms with Gasteiger partial charge in [0.25, 0.3) is 0 Å². The monoisotopic (exact) mass is 205 g/mol. The molecular weight excluding hydrogens is 182 g/mol. The van der Waals surface area contributed by atoms with Crippen LogP contribution in [0, 0.1) is 0 Å². The molecule has 0 aliphatic rings. The molecule has 2 nitrogen and oxygen atoms in total. The van der Waals surface area contributed by atoms with Crippen molar-refractivity contribution in [1.29, 1.82) is 0 Å². The average molecular weight is 205 g/mol. The summed E-state index contributed by atoms with van der Waals surface area (Å²) < 4.78 is 11.5. The van der Waals surface area contributed by atoms with E-state index in [2.05, 4.69) is 19.2 Å². The van der Waals surface area contributed by atoms with E-state index in [9.17, 15) is 4.21 Å². The van der Waals surface area contributed by atoms with E-state index in [0.717, 1.165) is 18.7 Å². The molecule has 1 unspecified atom stereocenters. The van der Waals surface area contributed by atoms with Gasteiger partial charge in [-0.05, 0) is 33.7 Å². The zero-order chi connectivity index (χ0) is 10.5. The van der Waals surface area contributed by atoms with Gasteiger partial charge >= 0.3 is 0 Å². The Morgan fingerprint density at radius 1 is 1.31 bits per heavy atom. The van der Waals surface area contributed by atoms with Gasteiger partial charge < -0.3 is 5.32 Å². The predicted octanol–water partition coefficient (Wildman–Crippen LogP) is 1.92. The third-order valence-electron chi connectivity index (χ3n) is 1.74. The van der Waals surface area contributed by atoms with Crippen LogP contribution in [0.2, 0.25) is 0 Å². The summed E-state index contributed by atoms with van der Waals surface area (Å²) in [6, 6.07) is 0.531. The second-order valence-corrected chi connectivity index (χ2v) is 6.95. The van der Waals surface area contributed by atoms with Crippen molar-refractivity contribution < 1.29 is 4.21 Å². The predicted molar refractivity (Wildman–Crippen MR) is 60.5 cm³/mol. The summed E-state index contributed by atoms with van der Waals surface area (Å²) in [6.07, 6.45) is 1.00. The Kier molecular flexibility index (Phi) is 5.81. The number of nitrogens with one attached hydrogen (secondary N) is 1. The van der Waals surface area contributed by atoms with Crippen molar-refractivity contribution in [1.82, 2.24) is 5.32 Å². The summed E-state index contributed by atoms with van der Waals surface area (Å²) in [4.78, 5) is 0. The highest BCUT2D eigenvalue weighted by Gasteiger charge is 2.18. The van der Waals surface area contributed by atoms with Crippen molar-refractivity contribution in [3.05, 3.63) is 0 Å². The third kappa shape index (κ3) is 7.20. The maximum atomic E-state index is 11.6. The number of hydrogen-bond acceptors (Lipinski definition) is 2. The zero-order valence-electron chi connectivity index (χ0n) is 9.52. The van der Waals surface area contributed by atoms with E-state index in [1.54, 1.807) is 0 Å². The minimum absolute atomic E-state index is 0.0577. The fraction of sp³-hybridized carbons (Fsp3) is 1.00. The molecule has 0 bridgehead atoms. The lowest BCUT2D eigenvalue weighted by Crippen LogP contribution is -2.28. The molecule has 0 fully saturated rings. The number of hydrogen-bond donors (Lipinski definition) is 1. The van der Waals surface area contributed by atoms with Gasteiger partial charge in [-0.1, -0.05) is 13.8 Å². The molecule has 1 atom stereocenters. The summed E-state index contributed by atoms with van der Waals surface area (Å²) in [6.45, 7) is 11.3. The van der Waals surface area contributed by atoms with Crippen LogP contribution >= 0.6 is 0 Å². The van der Waals surface area contributed by atoms with Gasteiger partial charge in [0.05, 0.1) is 0 Å². The Labute approximate surface area is 84.9 Å². The summed E-state index contributed by atoms with van der Waals surface area (Å²) in [7, 11) is -0.692. The Hall–Kier alpha value is 0.110. The van der Waals surface area contributed by atoms with Crippen molar-refractivity contribution in [3.8, 4) is 0 Å². The maximum Gasteiger partial charge on any atom is 0.0375 e. The summed E-state index contributed by atoms with van der Waals surface area (Å²) in [5.74, 6) is 0.809. The molecule has 0 aromatic rings. The number of rotatable bonds is 5. The smallest absolute Gasteiger partial charge is 0.0375 e. The van der Waals surface area contributed by atoms with Crippen molar-refractivity contribution >= 4 is 10.8 Å². The maximum absolute atomic E-state index is 11.6. The Morgan fingerprint density at radius 2 is 1.85 bits per heavy atom. The first-order valence-electron chi connectivity index (χ1n) is 4.96. The van der Waals surface area contributed by atoms with Gasteiger partial charge in [-0.2, -0.15) is 0 Å². The quantitative estimate of drug-likeness (QED) is 0.695. The SMILES string of the molecule is CC(C)NCCCS(=O)C(C)(C)C. The van der Waals surface area contributed by atoms with Crippen LogP contribution in [0.4, 0.5) is 0 Å². The lowest BCUT2D eigenvalue weighted by molar-refractivity contribution is 0.580. The second-order valence-electron chi connectivity index (χ2n) is 4.62. The first-order chi connectivity index (χ1) is 5.84. The standard InChI is InChI=1S/C10H23NOS/c1-9(2)11-7-6-8-13(12)10(3,4)5/h9,11H,6-8H2,1-5H3. The van der Waals surface area contributed by atoms with Crippen LogP contribution < -0.4 is 5.32 Å². The molecule has 0 heterocycles. The van der Waals surface area contributed by atoms with Gasteiger partial charge in [-0.25, -0.2) is 0 Å². The Bertz CT molecular complexity index is 161. The van der Waals surface area contributed by atoms with Crippen LogP contribution in [0.25, 0.3) is 0 Å². The highest BCUT2D eigenvalue weighted by Crippen LogP contribution is 2.11. The molecule has 1 N–H and O–H groups in total. The molecule has 0 aliphatic heterocycles. The molecule has 0 amide bonds. The summed E-state index contributed by atoms with van der Waals surface area (Å²) in [5.41, 5.74) is 0. The molecule has 0 saturated heterocycles. The Balaban J connectivity index is 3.49. The van der Waals surface area contributed by atoms with Gasteiger partial charge in [0.1, 0.15) is 0 Å². The average Bonchev–Trinajstić information content (AvgIpc) is 1.95. The van der Waals surface area contributed by atoms with Gasteiger partial charge in [0, 0.05) is 27.3 Å². The van der Waals surface area contributed by atoms with Crippen LogP contribution in [0.3, 0.4) is 0 Å². The van der Waals surface area contributed by atoms with E-state index in [0.29, 0.717) is 6.04 Å². The van der Waals surface area contributed by atoms with E-state index in [1.165, 1.54) is 0 Å². The molecule has 0 aliphatic carbocycles. The van der Waals surface area contributed by atoms with Crippen LogP contribution in [0.15, 0.2) is 0 Å². The lowest BCUT2D eigenvalue weighted by Gasteiger charge is -2.17. The van der Waals surface area contributed by atoms with Crippen LogP contribution in [-0.4, -0.2) is 27.3 Å². The van der Waals surface area contributed by atoms with E-state index in [-0.39, 0.29) is 4.75 Å².